The van der Waals surface area contributed by atoms with E-state index in [0.717, 1.165) is 25.8 Å². The maximum Gasteiger partial charge on any atom is 0.179 e. The molecule has 1 fully saturated rings. The summed E-state index contributed by atoms with van der Waals surface area (Å²) in [7, 11) is -3.30. The van der Waals surface area contributed by atoms with E-state index in [1.165, 1.54) is 6.26 Å². The van der Waals surface area contributed by atoms with Crippen molar-refractivity contribution < 1.29 is 13.5 Å². The van der Waals surface area contributed by atoms with E-state index in [9.17, 15) is 13.5 Å². The van der Waals surface area contributed by atoms with E-state index in [2.05, 4.69) is 4.98 Å². The first-order valence-corrected chi connectivity index (χ1v) is 7.96. The second kappa shape index (κ2) is 5.24. The number of hydrogen-bond acceptors (Lipinski definition) is 5. The molecule has 1 N–H and O–H groups in total. The summed E-state index contributed by atoms with van der Waals surface area (Å²) in [5, 5.41) is 9.40. The van der Waals surface area contributed by atoms with Crippen molar-refractivity contribution in [3.63, 3.8) is 0 Å². The molecule has 1 saturated heterocycles. The van der Waals surface area contributed by atoms with Crippen molar-refractivity contribution in [2.45, 2.75) is 30.2 Å². The van der Waals surface area contributed by atoms with Crippen LogP contribution in [0.15, 0.2) is 23.2 Å². The second-order valence-corrected chi connectivity index (χ2v) is 6.61. The SMILES string of the molecule is CS(=O)(=O)c1cccnc1N1CCCCC1CO. The summed E-state index contributed by atoms with van der Waals surface area (Å²) in [5.41, 5.74) is 0. The summed E-state index contributed by atoms with van der Waals surface area (Å²) in [6, 6.07) is 3.16. The molecule has 18 heavy (non-hydrogen) atoms. The lowest BCUT2D eigenvalue weighted by Gasteiger charge is -2.36. The van der Waals surface area contributed by atoms with Crippen LogP contribution in [0.3, 0.4) is 0 Å². The van der Waals surface area contributed by atoms with Gasteiger partial charge in [-0.1, -0.05) is 0 Å². The molecule has 2 rings (SSSR count). The number of aliphatic hydroxyl groups is 1. The molecule has 1 aromatic heterocycles. The van der Waals surface area contributed by atoms with E-state index in [1.807, 2.05) is 4.90 Å². The Morgan fingerprint density at radius 1 is 1.50 bits per heavy atom. The summed E-state index contributed by atoms with van der Waals surface area (Å²) >= 11 is 0. The highest BCUT2D eigenvalue weighted by atomic mass is 32.2. The third kappa shape index (κ3) is 2.64. The van der Waals surface area contributed by atoms with E-state index in [-0.39, 0.29) is 17.5 Å². The van der Waals surface area contributed by atoms with Gasteiger partial charge in [0, 0.05) is 19.0 Å². The standard InChI is InChI=1S/C12H18N2O3S/c1-18(16,17)11-6-4-7-13-12(11)14-8-3-2-5-10(14)9-15/h4,6-7,10,15H,2-3,5,8-9H2,1H3. The number of rotatable bonds is 3. The van der Waals surface area contributed by atoms with Crippen molar-refractivity contribution in [3.8, 4) is 0 Å². The molecule has 0 saturated carbocycles. The second-order valence-electron chi connectivity index (χ2n) is 4.62. The fraction of sp³-hybridized carbons (Fsp3) is 0.583. The Balaban J connectivity index is 2.43. The van der Waals surface area contributed by atoms with Crippen LogP contribution in [0.5, 0.6) is 0 Å². The minimum absolute atomic E-state index is 0.0276. The monoisotopic (exact) mass is 270 g/mol. The molecule has 1 aromatic rings. The van der Waals surface area contributed by atoms with Crippen LogP contribution in [0.2, 0.25) is 0 Å². The molecule has 0 aromatic carbocycles. The summed E-state index contributed by atoms with van der Waals surface area (Å²) < 4.78 is 23.5. The molecule has 1 unspecified atom stereocenters. The Hall–Kier alpha value is -1.14. The molecule has 1 aliphatic heterocycles. The van der Waals surface area contributed by atoms with Crippen LogP contribution in [0.25, 0.3) is 0 Å². The maximum atomic E-state index is 11.8. The fourth-order valence-corrected chi connectivity index (χ4v) is 3.18. The zero-order chi connectivity index (χ0) is 13.2. The highest BCUT2D eigenvalue weighted by Gasteiger charge is 2.27. The average Bonchev–Trinajstić information content (AvgIpc) is 2.37. The molecular weight excluding hydrogens is 252 g/mol. The molecule has 1 aliphatic rings. The number of sulfone groups is 1. The van der Waals surface area contributed by atoms with Crippen LogP contribution in [-0.4, -0.2) is 44.0 Å². The zero-order valence-corrected chi connectivity index (χ0v) is 11.2. The normalized spacial score (nSPS) is 21.0. The van der Waals surface area contributed by atoms with Crippen LogP contribution in [0, 0.1) is 0 Å². The Morgan fingerprint density at radius 2 is 2.28 bits per heavy atom. The van der Waals surface area contributed by atoms with Gasteiger partial charge in [0.1, 0.15) is 10.7 Å². The molecule has 0 aliphatic carbocycles. The van der Waals surface area contributed by atoms with E-state index in [4.69, 9.17) is 0 Å². The summed E-state index contributed by atoms with van der Waals surface area (Å²) in [6.07, 6.45) is 5.70. The molecule has 0 radical (unpaired) electrons. The van der Waals surface area contributed by atoms with Gasteiger partial charge in [-0.25, -0.2) is 13.4 Å². The van der Waals surface area contributed by atoms with Crippen molar-refractivity contribution in [2.75, 3.05) is 24.3 Å². The van der Waals surface area contributed by atoms with Gasteiger partial charge in [-0.15, -0.1) is 0 Å². The predicted molar refractivity (Wildman–Crippen MR) is 69.4 cm³/mol. The third-order valence-corrected chi connectivity index (χ3v) is 4.38. The lowest BCUT2D eigenvalue weighted by molar-refractivity contribution is 0.239. The first-order valence-electron chi connectivity index (χ1n) is 6.06. The van der Waals surface area contributed by atoms with Gasteiger partial charge in [0.05, 0.1) is 12.6 Å². The number of hydrogen-bond donors (Lipinski definition) is 1. The smallest absolute Gasteiger partial charge is 0.179 e. The van der Waals surface area contributed by atoms with Crippen molar-refractivity contribution in [1.29, 1.82) is 0 Å². The molecule has 5 nitrogen and oxygen atoms in total. The van der Waals surface area contributed by atoms with E-state index < -0.39 is 9.84 Å². The zero-order valence-electron chi connectivity index (χ0n) is 10.4. The molecule has 0 spiro atoms. The number of anilines is 1. The van der Waals surface area contributed by atoms with E-state index >= 15 is 0 Å². The summed E-state index contributed by atoms with van der Waals surface area (Å²) in [6.45, 7) is 0.768. The van der Waals surface area contributed by atoms with Crippen LogP contribution in [0.1, 0.15) is 19.3 Å². The average molecular weight is 270 g/mol. The van der Waals surface area contributed by atoms with Crippen molar-refractivity contribution >= 4 is 15.7 Å². The number of nitrogens with zero attached hydrogens (tertiary/aromatic N) is 2. The van der Waals surface area contributed by atoms with Gasteiger partial charge >= 0.3 is 0 Å². The van der Waals surface area contributed by atoms with Gasteiger partial charge in [0.25, 0.3) is 0 Å². The first kappa shape index (κ1) is 13.3. The molecule has 6 heteroatoms. The highest BCUT2D eigenvalue weighted by molar-refractivity contribution is 7.90. The molecule has 0 bridgehead atoms. The molecule has 100 valence electrons. The summed E-state index contributed by atoms with van der Waals surface area (Å²) in [4.78, 5) is 6.36. The Bertz CT molecular complexity index is 516. The largest absolute Gasteiger partial charge is 0.394 e. The molecule has 1 atom stereocenters. The van der Waals surface area contributed by atoms with Crippen LogP contribution in [-0.2, 0) is 9.84 Å². The lowest BCUT2D eigenvalue weighted by Crippen LogP contribution is -2.43. The topological polar surface area (TPSA) is 70.5 Å². The van der Waals surface area contributed by atoms with Gasteiger partial charge in [-0.05, 0) is 31.4 Å². The van der Waals surface area contributed by atoms with Crippen LogP contribution < -0.4 is 4.90 Å². The maximum absolute atomic E-state index is 11.8. The number of aliphatic hydroxyl groups excluding tert-OH is 1. The molecular formula is C12H18N2O3S. The van der Waals surface area contributed by atoms with Crippen molar-refractivity contribution in [1.82, 2.24) is 4.98 Å². The highest BCUT2D eigenvalue weighted by Crippen LogP contribution is 2.28. The minimum Gasteiger partial charge on any atom is -0.394 e. The minimum atomic E-state index is -3.30. The lowest BCUT2D eigenvalue weighted by atomic mass is 10.0. The van der Waals surface area contributed by atoms with Gasteiger partial charge in [-0.3, -0.25) is 0 Å². The number of piperidine rings is 1. The number of pyridine rings is 1. The Kier molecular flexibility index (Phi) is 3.87. The number of aromatic nitrogens is 1. The van der Waals surface area contributed by atoms with Gasteiger partial charge in [0.15, 0.2) is 9.84 Å². The van der Waals surface area contributed by atoms with Crippen LogP contribution >= 0.6 is 0 Å². The van der Waals surface area contributed by atoms with Crippen molar-refractivity contribution in [2.24, 2.45) is 0 Å². The van der Waals surface area contributed by atoms with Gasteiger partial charge < -0.3 is 10.0 Å². The predicted octanol–water partition coefficient (Wildman–Crippen LogP) is 0.836. The first-order chi connectivity index (χ1) is 8.54. The quantitative estimate of drug-likeness (QED) is 0.881. The van der Waals surface area contributed by atoms with E-state index in [0.29, 0.717) is 5.82 Å². The van der Waals surface area contributed by atoms with E-state index in [1.54, 1.807) is 18.3 Å². The van der Waals surface area contributed by atoms with Gasteiger partial charge in [-0.2, -0.15) is 0 Å². The van der Waals surface area contributed by atoms with Gasteiger partial charge in [0.2, 0.25) is 0 Å². The van der Waals surface area contributed by atoms with Crippen molar-refractivity contribution in [3.05, 3.63) is 18.3 Å². The molecule has 2 heterocycles. The fourth-order valence-electron chi connectivity index (χ4n) is 2.36. The summed E-state index contributed by atoms with van der Waals surface area (Å²) in [5.74, 6) is 0.471. The molecule has 0 amide bonds. The van der Waals surface area contributed by atoms with Crippen LogP contribution in [0.4, 0.5) is 5.82 Å². The third-order valence-electron chi connectivity index (χ3n) is 3.26. The Labute approximate surface area is 107 Å². The Morgan fingerprint density at radius 3 is 2.94 bits per heavy atom.